The number of hydrogen-bond acceptors (Lipinski definition) is 4. The number of nitrogens with one attached hydrogen (secondary N) is 1. The van der Waals surface area contributed by atoms with E-state index in [1.807, 2.05) is 32.9 Å². The van der Waals surface area contributed by atoms with Gasteiger partial charge in [0.15, 0.2) is 0 Å². The number of rotatable bonds is 7. The Balaban J connectivity index is 2.49. The summed E-state index contributed by atoms with van der Waals surface area (Å²) in [5.74, 6) is -0.0954. The van der Waals surface area contributed by atoms with E-state index in [1.54, 1.807) is 13.8 Å². The average molecular weight is 405 g/mol. The second-order valence-corrected chi connectivity index (χ2v) is 8.62. The Labute approximate surface area is 167 Å². The van der Waals surface area contributed by atoms with Crippen LogP contribution in [0.3, 0.4) is 0 Å². The van der Waals surface area contributed by atoms with Gasteiger partial charge in [0.25, 0.3) is 5.91 Å². The molecule has 0 saturated heterocycles. The molecule has 28 heavy (non-hydrogen) atoms. The maximum atomic E-state index is 13.0. The van der Waals surface area contributed by atoms with Crippen LogP contribution in [0.1, 0.15) is 40.9 Å². The van der Waals surface area contributed by atoms with E-state index in [1.165, 1.54) is 29.6 Å². The van der Waals surface area contributed by atoms with Crippen molar-refractivity contribution in [3.8, 4) is 5.75 Å². The van der Waals surface area contributed by atoms with Gasteiger partial charge in [-0.25, -0.2) is 8.42 Å². The van der Waals surface area contributed by atoms with Crippen molar-refractivity contribution in [2.24, 2.45) is 0 Å². The van der Waals surface area contributed by atoms with Crippen LogP contribution in [0.4, 0.5) is 5.69 Å². The zero-order chi connectivity index (χ0) is 21.1. The van der Waals surface area contributed by atoms with Crippen molar-refractivity contribution in [3.63, 3.8) is 0 Å². The Hall–Kier alpha value is -2.38. The summed E-state index contributed by atoms with van der Waals surface area (Å²) in [4.78, 5) is 13.0. The van der Waals surface area contributed by atoms with Crippen molar-refractivity contribution in [1.82, 2.24) is 4.31 Å². The number of ether oxygens (including phenoxy) is 1. The molecule has 7 heteroatoms. The zero-order valence-electron chi connectivity index (χ0n) is 17.3. The van der Waals surface area contributed by atoms with Crippen LogP contribution >= 0.6 is 0 Å². The lowest BCUT2D eigenvalue weighted by Crippen LogP contribution is -2.30. The second kappa shape index (κ2) is 8.75. The predicted octanol–water partition coefficient (Wildman–Crippen LogP) is 3.90. The van der Waals surface area contributed by atoms with Gasteiger partial charge in [-0.3, -0.25) is 4.79 Å². The molecule has 0 atom stereocenters. The number of carbonyl (C=O) groups is 1. The van der Waals surface area contributed by atoms with E-state index in [-0.39, 0.29) is 10.5 Å². The zero-order valence-corrected chi connectivity index (χ0v) is 18.1. The topological polar surface area (TPSA) is 75.7 Å². The van der Waals surface area contributed by atoms with Gasteiger partial charge in [0.1, 0.15) is 5.75 Å². The Kier molecular flexibility index (Phi) is 6.85. The van der Waals surface area contributed by atoms with Crippen molar-refractivity contribution in [3.05, 3.63) is 52.6 Å². The molecule has 0 aromatic heterocycles. The van der Waals surface area contributed by atoms with E-state index in [2.05, 4.69) is 5.32 Å². The third-order valence-corrected chi connectivity index (χ3v) is 6.72. The summed E-state index contributed by atoms with van der Waals surface area (Å²) in [6.45, 7) is 10.1. The fraction of sp³-hybridized carbons (Fsp3) is 0.381. The molecule has 0 radical (unpaired) electrons. The fourth-order valence-corrected chi connectivity index (χ4v) is 4.78. The van der Waals surface area contributed by atoms with E-state index in [0.717, 1.165) is 22.4 Å². The number of methoxy groups -OCH3 is 1. The third-order valence-electron chi connectivity index (χ3n) is 4.67. The minimum Gasteiger partial charge on any atom is -0.496 e. The molecule has 6 nitrogen and oxygen atoms in total. The van der Waals surface area contributed by atoms with Gasteiger partial charge in [-0.05, 0) is 50.1 Å². The molecule has 0 spiro atoms. The van der Waals surface area contributed by atoms with Gasteiger partial charge in [-0.15, -0.1) is 0 Å². The van der Waals surface area contributed by atoms with E-state index >= 15 is 0 Å². The first-order valence-electron chi connectivity index (χ1n) is 9.23. The lowest BCUT2D eigenvalue weighted by atomic mass is 10.0. The highest BCUT2D eigenvalue weighted by atomic mass is 32.2. The molecule has 152 valence electrons. The van der Waals surface area contributed by atoms with Crippen LogP contribution in [-0.4, -0.2) is 38.8 Å². The Morgan fingerprint density at radius 3 is 2.11 bits per heavy atom. The molecule has 0 fully saturated rings. The van der Waals surface area contributed by atoms with Gasteiger partial charge >= 0.3 is 0 Å². The van der Waals surface area contributed by atoms with Gasteiger partial charge in [-0.1, -0.05) is 31.5 Å². The summed E-state index contributed by atoms with van der Waals surface area (Å²) in [5.41, 5.74) is 3.89. The second-order valence-electron chi connectivity index (χ2n) is 6.68. The van der Waals surface area contributed by atoms with E-state index in [4.69, 9.17) is 4.74 Å². The lowest BCUT2D eigenvalue weighted by Gasteiger charge is -2.20. The van der Waals surface area contributed by atoms with Crippen LogP contribution in [0.25, 0.3) is 0 Å². The SMILES string of the molecule is CCN(CC)S(=O)(=O)c1ccc(OC)c(C(=O)Nc2c(C)cc(C)cc2C)c1. The predicted molar refractivity (Wildman–Crippen MR) is 112 cm³/mol. The quantitative estimate of drug-likeness (QED) is 0.759. The molecule has 0 saturated carbocycles. The van der Waals surface area contributed by atoms with Gasteiger partial charge in [0, 0.05) is 18.8 Å². The molecule has 2 rings (SSSR count). The molecule has 0 unspecified atom stereocenters. The molecule has 0 aliphatic carbocycles. The number of sulfonamides is 1. The summed E-state index contributed by atoms with van der Waals surface area (Å²) in [6, 6.07) is 8.33. The molecule has 2 aromatic rings. The Bertz CT molecular complexity index is 957. The van der Waals surface area contributed by atoms with Gasteiger partial charge in [0.2, 0.25) is 10.0 Å². The number of benzene rings is 2. The number of nitrogens with zero attached hydrogens (tertiary/aromatic N) is 1. The number of amides is 1. The highest BCUT2D eigenvalue weighted by molar-refractivity contribution is 7.89. The van der Waals surface area contributed by atoms with Crippen molar-refractivity contribution >= 4 is 21.6 Å². The van der Waals surface area contributed by atoms with Crippen molar-refractivity contribution in [1.29, 1.82) is 0 Å². The molecule has 1 N–H and O–H groups in total. The molecular weight excluding hydrogens is 376 g/mol. The van der Waals surface area contributed by atoms with Crippen LogP contribution in [0.15, 0.2) is 35.2 Å². The molecule has 0 aliphatic heterocycles. The van der Waals surface area contributed by atoms with Crippen LogP contribution < -0.4 is 10.1 Å². The summed E-state index contributed by atoms with van der Waals surface area (Å²) >= 11 is 0. The third kappa shape index (κ3) is 4.36. The number of anilines is 1. The van der Waals surface area contributed by atoms with Crippen LogP contribution in [0.2, 0.25) is 0 Å². The molecule has 0 bridgehead atoms. The first-order valence-corrected chi connectivity index (χ1v) is 10.7. The smallest absolute Gasteiger partial charge is 0.259 e. The standard InChI is InChI=1S/C21H28N2O4S/c1-7-23(8-2)28(25,26)17-9-10-19(27-6)18(13-17)21(24)22-20-15(4)11-14(3)12-16(20)5/h9-13H,7-8H2,1-6H3,(H,22,24). The highest BCUT2D eigenvalue weighted by Gasteiger charge is 2.24. The van der Waals surface area contributed by atoms with Gasteiger partial charge in [0.05, 0.1) is 17.6 Å². The van der Waals surface area contributed by atoms with Crippen LogP contribution in [-0.2, 0) is 10.0 Å². The van der Waals surface area contributed by atoms with E-state index in [0.29, 0.717) is 18.8 Å². The first-order chi connectivity index (χ1) is 13.1. The highest BCUT2D eigenvalue weighted by Crippen LogP contribution is 2.27. The van der Waals surface area contributed by atoms with Gasteiger partial charge < -0.3 is 10.1 Å². The summed E-state index contributed by atoms with van der Waals surface area (Å²) in [7, 11) is -2.23. The normalized spacial score (nSPS) is 11.5. The van der Waals surface area contributed by atoms with Crippen molar-refractivity contribution in [2.45, 2.75) is 39.5 Å². The molecular formula is C21H28N2O4S. The number of carbonyl (C=O) groups excluding carboxylic acids is 1. The minimum absolute atomic E-state index is 0.0690. The van der Waals surface area contributed by atoms with Gasteiger partial charge in [-0.2, -0.15) is 4.31 Å². The van der Waals surface area contributed by atoms with Crippen LogP contribution in [0.5, 0.6) is 5.75 Å². The maximum absolute atomic E-state index is 13.0. The summed E-state index contributed by atoms with van der Waals surface area (Å²) in [6.07, 6.45) is 0. The number of aryl methyl sites for hydroxylation is 3. The molecule has 2 aromatic carbocycles. The van der Waals surface area contributed by atoms with Crippen molar-refractivity contribution < 1.29 is 17.9 Å². The summed E-state index contributed by atoms with van der Waals surface area (Å²) in [5, 5.41) is 2.91. The van der Waals surface area contributed by atoms with E-state index < -0.39 is 15.9 Å². The molecule has 0 heterocycles. The Morgan fingerprint density at radius 2 is 1.61 bits per heavy atom. The van der Waals surface area contributed by atoms with Crippen molar-refractivity contribution in [2.75, 3.05) is 25.5 Å². The monoisotopic (exact) mass is 404 g/mol. The summed E-state index contributed by atoms with van der Waals surface area (Å²) < 4.78 is 32.3. The van der Waals surface area contributed by atoms with E-state index in [9.17, 15) is 13.2 Å². The first kappa shape index (κ1) is 21.9. The largest absolute Gasteiger partial charge is 0.496 e. The fourth-order valence-electron chi connectivity index (χ4n) is 3.30. The number of hydrogen-bond donors (Lipinski definition) is 1. The molecule has 0 aliphatic rings. The maximum Gasteiger partial charge on any atom is 0.259 e. The Morgan fingerprint density at radius 1 is 1.04 bits per heavy atom. The molecule has 1 amide bonds. The van der Waals surface area contributed by atoms with Crippen LogP contribution in [0, 0.1) is 20.8 Å². The lowest BCUT2D eigenvalue weighted by molar-refractivity contribution is 0.102. The average Bonchev–Trinajstić information content (AvgIpc) is 2.64. The minimum atomic E-state index is -3.68.